The summed E-state index contributed by atoms with van der Waals surface area (Å²) >= 11 is 0. The lowest BCUT2D eigenvalue weighted by Gasteiger charge is -2.29. The lowest BCUT2D eigenvalue weighted by atomic mass is 9.83. The molecule has 0 bridgehead atoms. The van der Waals surface area contributed by atoms with Gasteiger partial charge in [-0.15, -0.1) is 0 Å². The Balaban J connectivity index is 2.16. The maximum atomic E-state index is 11.2. The fourth-order valence-corrected chi connectivity index (χ4v) is 2.44. The number of aryl methyl sites for hydroxylation is 1. The molecule has 0 unspecified atom stereocenters. The Bertz CT molecular complexity index is 389. The molecule has 0 aliphatic carbocycles. The van der Waals surface area contributed by atoms with Gasteiger partial charge in [-0.2, -0.15) is 0 Å². The number of benzene rings is 1. The number of nitrogens with one attached hydrogen (secondary N) is 1. The molecule has 1 saturated heterocycles. The lowest BCUT2D eigenvalue weighted by molar-refractivity contribution is -0.122. The third-order valence-electron chi connectivity index (χ3n) is 3.38. The smallest absolute Gasteiger partial charge is 0.221 e. The van der Waals surface area contributed by atoms with Crippen molar-refractivity contribution < 1.29 is 4.79 Å². The molecule has 2 atom stereocenters. The van der Waals surface area contributed by atoms with Crippen LogP contribution in [0.25, 0.3) is 0 Å². The van der Waals surface area contributed by atoms with Gasteiger partial charge in [0.1, 0.15) is 0 Å². The first-order chi connectivity index (χ1) is 7.68. The Morgan fingerprint density at radius 3 is 2.81 bits per heavy atom. The van der Waals surface area contributed by atoms with Gasteiger partial charge in [0.2, 0.25) is 5.91 Å². The number of rotatable bonds is 2. The Labute approximate surface area is 96.0 Å². The number of hydrogen-bond donors (Lipinski definition) is 2. The van der Waals surface area contributed by atoms with Gasteiger partial charge < -0.3 is 11.1 Å². The van der Waals surface area contributed by atoms with Gasteiger partial charge in [0.15, 0.2) is 0 Å². The Kier molecular flexibility index (Phi) is 3.25. The fraction of sp³-hybridized carbons (Fsp3) is 0.462. The van der Waals surface area contributed by atoms with E-state index in [0.717, 1.165) is 19.5 Å². The standard InChI is InChI=1S/C13H18N2O/c1-9-4-2-3-5-12(9)10-6-11(13(14)16)8-15-7-10/h2-5,10-11,15H,6-8H2,1H3,(H2,14,16)/t10-,11-/m0/s1. The van der Waals surface area contributed by atoms with Crippen molar-refractivity contribution in [3.8, 4) is 0 Å². The van der Waals surface area contributed by atoms with Crippen LogP contribution in [0.2, 0.25) is 0 Å². The van der Waals surface area contributed by atoms with Gasteiger partial charge in [-0.25, -0.2) is 0 Å². The highest BCUT2D eigenvalue weighted by molar-refractivity contribution is 5.77. The summed E-state index contributed by atoms with van der Waals surface area (Å²) in [6.45, 7) is 3.77. The number of nitrogens with two attached hydrogens (primary N) is 1. The molecule has 1 aliphatic heterocycles. The minimum atomic E-state index is -0.189. The average molecular weight is 218 g/mol. The van der Waals surface area contributed by atoms with E-state index in [2.05, 4.69) is 30.4 Å². The van der Waals surface area contributed by atoms with E-state index >= 15 is 0 Å². The second kappa shape index (κ2) is 4.66. The molecule has 0 saturated carbocycles. The van der Waals surface area contributed by atoms with Crippen LogP contribution in [0.3, 0.4) is 0 Å². The number of carbonyl (C=O) groups excluding carboxylic acids is 1. The molecule has 1 fully saturated rings. The van der Waals surface area contributed by atoms with E-state index in [4.69, 9.17) is 5.73 Å². The van der Waals surface area contributed by atoms with E-state index in [1.54, 1.807) is 0 Å². The van der Waals surface area contributed by atoms with Crippen molar-refractivity contribution in [2.24, 2.45) is 11.7 Å². The highest BCUT2D eigenvalue weighted by Gasteiger charge is 2.26. The largest absolute Gasteiger partial charge is 0.369 e. The predicted octanol–water partition coefficient (Wildman–Crippen LogP) is 1.17. The van der Waals surface area contributed by atoms with Crippen LogP contribution in [-0.4, -0.2) is 19.0 Å². The zero-order chi connectivity index (χ0) is 11.5. The fourth-order valence-electron chi connectivity index (χ4n) is 2.44. The molecular weight excluding hydrogens is 200 g/mol. The number of piperidine rings is 1. The summed E-state index contributed by atoms with van der Waals surface area (Å²) in [7, 11) is 0. The monoisotopic (exact) mass is 218 g/mol. The van der Waals surface area contributed by atoms with Crippen molar-refractivity contribution in [3.63, 3.8) is 0 Å². The molecule has 1 heterocycles. The van der Waals surface area contributed by atoms with Crippen molar-refractivity contribution in [2.75, 3.05) is 13.1 Å². The van der Waals surface area contributed by atoms with Crippen molar-refractivity contribution in [1.82, 2.24) is 5.32 Å². The van der Waals surface area contributed by atoms with Crippen LogP contribution in [-0.2, 0) is 4.79 Å². The lowest BCUT2D eigenvalue weighted by Crippen LogP contribution is -2.41. The Morgan fingerprint density at radius 1 is 1.38 bits per heavy atom. The average Bonchev–Trinajstić information content (AvgIpc) is 2.30. The first-order valence-corrected chi connectivity index (χ1v) is 5.74. The van der Waals surface area contributed by atoms with E-state index in [0.29, 0.717) is 5.92 Å². The Morgan fingerprint density at radius 2 is 2.12 bits per heavy atom. The van der Waals surface area contributed by atoms with Crippen LogP contribution >= 0.6 is 0 Å². The van der Waals surface area contributed by atoms with Crippen LogP contribution < -0.4 is 11.1 Å². The summed E-state index contributed by atoms with van der Waals surface area (Å²) in [5.74, 6) is 0.191. The molecule has 3 N–H and O–H groups in total. The molecule has 1 aliphatic rings. The van der Waals surface area contributed by atoms with E-state index < -0.39 is 0 Å². The number of amides is 1. The quantitative estimate of drug-likeness (QED) is 0.783. The van der Waals surface area contributed by atoms with Gasteiger partial charge >= 0.3 is 0 Å². The first-order valence-electron chi connectivity index (χ1n) is 5.74. The summed E-state index contributed by atoms with van der Waals surface area (Å²) in [4.78, 5) is 11.2. The topological polar surface area (TPSA) is 55.1 Å². The minimum absolute atomic E-state index is 0.0293. The molecule has 3 heteroatoms. The maximum Gasteiger partial charge on any atom is 0.221 e. The normalized spacial score (nSPS) is 25.3. The van der Waals surface area contributed by atoms with Gasteiger partial charge in [0.25, 0.3) is 0 Å². The minimum Gasteiger partial charge on any atom is -0.369 e. The number of hydrogen-bond acceptors (Lipinski definition) is 2. The van der Waals surface area contributed by atoms with Gasteiger partial charge in [-0.1, -0.05) is 24.3 Å². The summed E-state index contributed by atoms with van der Waals surface area (Å²) in [5.41, 5.74) is 7.99. The Hall–Kier alpha value is -1.35. The second-order valence-corrected chi connectivity index (χ2v) is 4.55. The first kappa shape index (κ1) is 11.1. The van der Waals surface area contributed by atoms with E-state index in [1.165, 1.54) is 11.1 Å². The highest BCUT2D eigenvalue weighted by atomic mass is 16.1. The molecule has 0 aromatic heterocycles. The van der Waals surface area contributed by atoms with Crippen molar-refractivity contribution in [3.05, 3.63) is 35.4 Å². The van der Waals surface area contributed by atoms with Crippen molar-refractivity contribution in [2.45, 2.75) is 19.3 Å². The molecule has 3 nitrogen and oxygen atoms in total. The zero-order valence-corrected chi connectivity index (χ0v) is 9.57. The third-order valence-corrected chi connectivity index (χ3v) is 3.38. The van der Waals surface area contributed by atoms with Crippen LogP contribution in [0.15, 0.2) is 24.3 Å². The summed E-state index contributed by atoms with van der Waals surface area (Å²) in [5, 5.41) is 3.29. The molecule has 86 valence electrons. The molecule has 1 aromatic rings. The molecule has 16 heavy (non-hydrogen) atoms. The van der Waals surface area contributed by atoms with Gasteiger partial charge in [0.05, 0.1) is 5.92 Å². The highest BCUT2D eigenvalue weighted by Crippen LogP contribution is 2.28. The third kappa shape index (κ3) is 2.25. The molecule has 0 radical (unpaired) electrons. The van der Waals surface area contributed by atoms with E-state index in [1.807, 2.05) is 6.07 Å². The predicted molar refractivity (Wildman–Crippen MR) is 64.1 cm³/mol. The van der Waals surface area contributed by atoms with Gasteiger partial charge in [-0.05, 0) is 30.4 Å². The molecule has 0 spiro atoms. The summed E-state index contributed by atoms with van der Waals surface area (Å²) in [6.07, 6.45) is 0.868. The van der Waals surface area contributed by atoms with E-state index in [9.17, 15) is 4.79 Å². The van der Waals surface area contributed by atoms with Gasteiger partial charge in [0, 0.05) is 13.1 Å². The maximum absolute atomic E-state index is 11.2. The molecular formula is C13H18N2O. The van der Waals surface area contributed by atoms with Crippen LogP contribution in [0.1, 0.15) is 23.5 Å². The number of carbonyl (C=O) groups is 1. The van der Waals surface area contributed by atoms with Gasteiger partial charge in [-0.3, -0.25) is 4.79 Å². The van der Waals surface area contributed by atoms with Crippen LogP contribution in [0, 0.1) is 12.8 Å². The van der Waals surface area contributed by atoms with Crippen molar-refractivity contribution in [1.29, 1.82) is 0 Å². The zero-order valence-electron chi connectivity index (χ0n) is 9.57. The SMILES string of the molecule is Cc1ccccc1[C@@H]1CNC[C@@H](C(N)=O)C1. The molecule has 2 rings (SSSR count). The van der Waals surface area contributed by atoms with E-state index in [-0.39, 0.29) is 11.8 Å². The number of primary amides is 1. The molecule has 1 aromatic carbocycles. The van der Waals surface area contributed by atoms with Crippen LogP contribution in [0.5, 0.6) is 0 Å². The summed E-state index contributed by atoms with van der Waals surface area (Å²) < 4.78 is 0. The second-order valence-electron chi connectivity index (χ2n) is 4.55. The summed E-state index contributed by atoms with van der Waals surface area (Å²) in [6, 6.07) is 8.35. The van der Waals surface area contributed by atoms with Crippen LogP contribution in [0.4, 0.5) is 0 Å². The van der Waals surface area contributed by atoms with Crippen molar-refractivity contribution >= 4 is 5.91 Å². The molecule has 1 amide bonds.